The van der Waals surface area contributed by atoms with Crippen molar-refractivity contribution in [3.8, 4) is 0 Å². The molecule has 5 rings (SSSR count). The van der Waals surface area contributed by atoms with E-state index in [4.69, 9.17) is 4.74 Å². The van der Waals surface area contributed by atoms with E-state index in [1.54, 1.807) is 13.8 Å². The Labute approximate surface area is 332 Å². The fraction of sp³-hybridized carbons (Fsp3) is 0.766. The van der Waals surface area contributed by atoms with E-state index in [-0.39, 0.29) is 58.3 Å². The molecule has 3 saturated carbocycles. The zero-order chi connectivity index (χ0) is 40.7. The standard InChI is InChI=1S/C47H74N2O6/c1-30(2)36(55-39(52)27-43(5,6)42(53)54)20-23-44(7)21-15-22-46(9)37(44)19-18-33-41-40(31(3)4)35(50)26-47(41,25-24-45(33,46)8)38(51)28-48-34(29-49(10)11)32-16-13-12-14-17-32/h12-14,16-17,30-31,33-34,36-38,48,51H,15,18-29H2,1-11H3,(H,53,54). The van der Waals surface area contributed by atoms with Crippen molar-refractivity contribution in [2.75, 3.05) is 27.2 Å². The number of ether oxygens (including phenoxy) is 1. The van der Waals surface area contributed by atoms with Gasteiger partial charge in [-0.05, 0) is 130 Å². The molecule has 0 saturated heterocycles. The Bertz CT molecular complexity index is 1580. The number of hydrogen-bond acceptors (Lipinski definition) is 7. The van der Waals surface area contributed by atoms with E-state index in [0.717, 1.165) is 69.9 Å². The summed E-state index contributed by atoms with van der Waals surface area (Å²) in [5.74, 6) is -0.222. The Hall–Kier alpha value is -2.55. The monoisotopic (exact) mass is 763 g/mol. The van der Waals surface area contributed by atoms with Crippen LogP contribution in [-0.4, -0.2) is 72.2 Å². The number of aliphatic carboxylic acids is 1. The third kappa shape index (κ3) is 8.26. The molecule has 9 atom stereocenters. The zero-order valence-electron chi connectivity index (χ0n) is 36.1. The van der Waals surface area contributed by atoms with Gasteiger partial charge in [0.1, 0.15) is 6.10 Å². The molecular weight excluding hydrogens is 689 g/mol. The van der Waals surface area contributed by atoms with Crippen molar-refractivity contribution >= 4 is 17.7 Å². The number of fused-ring (bicyclic) bond motifs is 5. The number of carbonyl (C=O) groups is 3. The van der Waals surface area contributed by atoms with Gasteiger partial charge in [0.05, 0.1) is 17.9 Å². The molecule has 55 heavy (non-hydrogen) atoms. The molecule has 0 radical (unpaired) electrons. The van der Waals surface area contributed by atoms with Crippen LogP contribution in [0.1, 0.15) is 145 Å². The van der Waals surface area contributed by atoms with Crippen LogP contribution in [0.25, 0.3) is 0 Å². The molecule has 8 heteroatoms. The van der Waals surface area contributed by atoms with Gasteiger partial charge in [-0.1, -0.05) is 90.8 Å². The third-order valence-electron chi connectivity index (χ3n) is 15.6. The van der Waals surface area contributed by atoms with Crippen LogP contribution in [0.3, 0.4) is 0 Å². The number of Topliss-reactive ketones (excluding diaryl/α,β-unsaturated/α-hetero) is 1. The minimum Gasteiger partial charge on any atom is -0.481 e. The van der Waals surface area contributed by atoms with Crippen LogP contribution >= 0.6 is 0 Å². The fourth-order valence-electron chi connectivity index (χ4n) is 12.3. The van der Waals surface area contributed by atoms with Crippen LogP contribution in [-0.2, 0) is 19.1 Å². The number of ketones is 1. The highest BCUT2D eigenvalue weighted by molar-refractivity contribution is 6.00. The summed E-state index contributed by atoms with van der Waals surface area (Å²) in [6.07, 6.45) is 8.41. The topological polar surface area (TPSA) is 116 Å². The van der Waals surface area contributed by atoms with Crippen LogP contribution in [0, 0.1) is 50.7 Å². The van der Waals surface area contributed by atoms with Crippen LogP contribution < -0.4 is 5.32 Å². The number of hydrogen-bond donors (Lipinski definition) is 3. The summed E-state index contributed by atoms with van der Waals surface area (Å²) in [5.41, 5.74) is 1.88. The number of nitrogens with one attached hydrogen (secondary N) is 1. The average Bonchev–Trinajstić information content (AvgIpc) is 3.41. The second-order valence-electron chi connectivity index (χ2n) is 20.6. The van der Waals surface area contributed by atoms with Crippen molar-refractivity contribution in [1.82, 2.24) is 10.2 Å². The van der Waals surface area contributed by atoms with Gasteiger partial charge in [-0.3, -0.25) is 14.4 Å². The van der Waals surface area contributed by atoms with Gasteiger partial charge in [0, 0.05) is 31.0 Å². The number of rotatable bonds is 16. The smallest absolute Gasteiger partial charge is 0.309 e. The first kappa shape index (κ1) is 43.6. The van der Waals surface area contributed by atoms with Gasteiger partial charge in [-0.2, -0.15) is 0 Å². The molecule has 1 aromatic carbocycles. The minimum atomic E-state index is -1.17. The SMILES string of the molecule is CC(C)C1=C2C3CCC4C(C)(CCC(OC(=O)CC(C)(C)C(=O)O)C(C)C)CCCC4(C)C3(C)CCC2(C(O)CNC(CN(C)C)c2ccccc2)CC1=O. The highest BCUT2D eigenvalue weighted by atomic mass is 16.5. The van der Waals surface area contributed by atoms with Crippen LogP contribution in [0.15, 0.2) is 41.5 Å². The summed E-state index contributed by atoms with van der Waals surface area (Å²) < 4.78 is 6.03. The fourth-order valence-corrected chi connectivity index (χ4v) is 12.3. The molecule has 0 heterocycles. The van der Waals surface area contributed by atoms with Crippen molar-refractivity contribution < 1.29 is 29.3 Å². The second-order valence-corrected chi connectivity index (χ2v) is 20.6. The second kappa shape index (κ2) is 16.4. The van der Waals surface area contributed by atoms with E-state index in [1.165, 1.54) is 11.1 Å². The predicted molar refractivity (Wildman–Crippen MR) is 219 cm³/mol. The molecule has 4 aliphatic rings. The number of likely N-dealkylation sites (N-methyl/N-ethyl adjacent to an activating group) is 1. The van der Waals surface area contributed by atoms with Gasteiger partial charge in [0.25, 0.3) is 0 Å². The first-order chi connectivity index (χ1) is 25.6. The maximum Gasteiger partial charge on any atom is 0.309 e. The number of aliphatic hydroxyl groups is 1. The highest BCUT2D eigenvalue weighted by Gasteiger charge is 2.67. The van der Waals surface area contributed by atoms with E-state index in [2.05, 4.69) is 97.0 Å². The number of carboxylic acids is 1. The summed E-state index contributed by atoms with van der Waals surface area (Å²) in [4.78, 5) is 41.1. The van der Waals surface area contributed by atoms with Crippen LogP contribution in [0.5, 0.6) is 0 Å². The van der Waals surface area contributed by atoms with Crippen molar-refractivity contribution in [2.45, 2.75) is 151 Å². The predicted octanol–water partition coefficient (Wildman–Crippen LogP) is 9.02. The van der Waals surface area contributed by atoms with Crippen molar-refractivity contribution in [2.24, 2.45) is 50.7 Å². The molecule has 0 aliphatic heterocycles. The third-order valence-corrected chi connectivity index (χ3v) is 15.6. The van der Waals surface area contributed by atoms with Crippen molar-refractivity contribution in [1.29, 1.82) is 0 Å². The van der Waals surface area contributed by atoms with E-state index < -0.39 is 28.9 Å². The van der Waals surface area contributed by atoms with E-state index >= 15 is 0 Å². The molecule has 3 N–H and O–H groups in total. The molecule has 0 amide bonds. The lowest BCUT2D eigenvalue weighted by Gasteiger charge is -2.68. The Kier molecular flexibility index (Phi) is 13.0. The number of benzene rings is 1. The highest BCUT2D eigenvalue weighted by Crippen LogP contribution is 2.74. The normalized spacial score (nSPS) is 32.6. The lowest BCUT2D eigenvalue weighted by atomic mass is 9.36. The number of allylic oxidation sites excluding steroid dienone is 1. The van der Waals surface area contributed by atoms with E-state index in [0.29, 0.717) is 18.9 Å². The Balaban J connectivity index is 1.40. The lowest BCUT2D eigenvalue weighted by molar-refractivity contribution is -0.178. The van der Waals surface area contributed by atoms with Crippen LogP contribution in [0.2, 0.25) is 0 Å². The molecule has 3 fully saturated rings. The summed E-state index contributed by atoms with van der Waals surface area (Å²) >= 11 is 0. The largest absolute Gasteiger partial charge is 0.481 e. The van der Waals surface area contributed by atoms with E-state index in [9.17, 15) is 24.6 Å². The van der Waals surface area contributed by atoms with Crippen molar-refractivity contribution in [3.63, 3.8) is 0 Å². The number of aliphatic hydroxyl groups excluding tert-OH is 1. The summed E-state index contributed by atoms with van der Waals surface area (Å²) in [6.45, 7) is 20.5. The van der Waals surface area contributed by atoms with Gasteiger partial charge in [-0.25, -0.2) is 0 Å². The summed E-state index contributed by atoms with van der Waals surface area (Å²) in [6, 6.07) is 10.5. The maximum atomic E-state index is 14.2. The van der Waals surface area contributed by atoms with Crippen LogP contribution in [0.4, 0.5) is 0 Å². The Morgan fingerprint density at radius 3 is 2.25 bits per heavy atom. The Morgan fingerprint density at radius 1 is 0.982 bits per heavy atom. The summed E-state index contributed by atoms with van der Waals surface area (Å²) in [5, 5.41) is 25.8. The molecule has 0 aromatic heterocycles. The molecule has 8 nitrogen and oxygen atoms in total. The molecule has 4 aliphatic carbocycles. The molecule has 9 unspecified atom stereocenters. The molecule has 1 aromatic rings. The minimum absolute atomic E-state index is 0.0157. The lowest BCUT2D eigenvalue weighted by Crippen LogP contribution is -2.62. The molecule has 0 spiro atoms. The van der Waals surface area contributed by atoms with Gasteiger partial charge in [0.2, 0.25) is 0 Å². The Morgan fingerprint density at radius 2 is 1.65 bits per heavy atom. The van der Waals surface area contributed by atoms with Gasteiger partial charge in [-0.15, -0.1) is 0 Å². The quantitative estimate of drug-likeness (QED) is 0.143. The average molecular weight is 763 g/mol. The maximum absolute atomic E-state index is 14.2. The summed E-state index contributed by atoms with van der Waals surface area (Å²) in [7, 11) is 4.16. The van der Waals surface area contributed by atoms with Gasteiger partial charge >= 0.3 is 11.9 Å². The zero-order valence-corrected chi connectivity index (χ0v) is 36.1. The molecular formula is C47H74N2O6. The number of carbonyl (C=O) groups excluding carboxylic acids is 2. The first-order valence-corrected chi connectivity index (χ1v) is 21.4. The molecule has 0 bridgehead atoms. The van der Waals surface area contributed by atoms with Gasteiger partial charge in [0.15, 0.2) is 5.78 Å². The van der Waals surface area contributed by atoms with Crippen molar-refractivity contribution in [3.05, 3.63) is 47.0 Å². The molecule has 308 valence electrons. The number of esters is 1. The number of nitrogens with zero attached hydrogens (tertiary/aromatic N) is 1. The number of carboxylic acid groups (broad SMARTS) is 1. The van der Waals surface area contributed by atoms with Gasteiger partial charge < -0.3 is 25.2 Å². The first-order valence-electron chi connectivity index (χ1n) is 21.4. The van der Waals surface area contributed by atoms with E-state index in [1.807, 2.05) is 6.07 Å².